The summed E-state index contributed by atoms with van der Waals surface area (Å²) in [4.78, 5) is 16.8. The van der Waals surface area contributed by atoms with Gasteiger partial charge in [-0.15, -0.1) is 0 Å². The minimum absolute atomic E-state index is 0.0967. The van der Waals surface area contributed by atoms with E-state index in [2.05, 4.69) is 20.9 Å². The van der Waals surface area contributed by atoms with Gasteiger partial charge in [-0.05, 0) is 46.6 Å². The molecule has 3 rings (SSSR count). The number of nitrogens with zero attached hydrogens (tertiary/aromatic N) is 2. The van der Waals surface area contributed by atoms with Crippen molar-refractivity contribution in [1.82, 2.24) is 14.2 Å². The molecule has 1 fully saturated rings. The first-order chi connectivity index (χ1) is 11.8. The second-order valence-corrected chi connectivity index (χ2v) is 8.72. The minimum Gasteiger partial charge on any atom is -0.507 e. The maximum absolute atomic E-state index is 12.8. The van der Waals surface area contributed by atoms with Crippen molar-refractivity contribution in [1.29, 1.82) is 0 Å². The van der Waals surface area contributed by atoms with E-state index in [-0.39, 0.29) is 29.6 Å². The first kappa shape index (κ1) is 18.0. The van der Waals surface area contributed by atoms with Gasteiger partial charge in [0.05, 0.1) is 0 Å². The van der Waals surface area contributed by atoms with Crippen LogP contribution in [0, 0.1) is 6.92 Å². The topological polar surface area (TPSA) is 93.7 Å². The van der Waals surface area contributed by atoms with Gasteiger partial charge in [0.2, 0.25) is 10.0 Å². The van der Waals surface area contributed by atoms with Crippen molar-refractivity contribution >= 4 is 31.9 Å². The summed E-state index contributed by atoms with van der Waals surface area (Å²) < 4.78 is 27.6. The number of aryl methyl sites for hydroxylation is 1. The van der Waals surface area contributed by atoms with Crippen LogP contribution >= 0.6 is 15.9 Å². The number of phenols is 1. The second kappa shape index (κ2) is 6.81. The standard InChI is InChI=1S/C16H18BrN3O4S/c1-11-2-3-14(21)15(8-11)25(23,24)20-6-4-19(5-7-20)16(22)13-9-12(17)10-18-13/h2-3,8-10,18,21H,4-7H2,1H3. The molecule has 0 unspecified atom stereocenters. The van der Waals surface area contributed by atoms with E-state index in [0.717, 1.165) is 10.0 Å². The average Bonchev–Trinajstić information content (AvgIpc) is 3.03. The van der Waals surface area contributed by atoms with Gasteiger partial charge >= 0.3 is 0 Å². The number of rotatable bonds is 3. The smallest absolute Gasteiger partial charge is 0.270 e. The Morgan fingerprint density at radius 3 is 2.48 bits per heavy atom. The first-order valence-corrected chi connectivity index (χ1v) is 9.95. The Morgan fingerprint density at radius 1 is 1.20 bits per heavy atom. The van der Waals surface area contributed by atoms with Gasteiger partial charge in [-0.25, -0.2) is 8.42 Å². The van der Waals surface area contributed by atoms with E-state index < -0.39 is 10.0 Å². The molecule has 2 aromatic rings. The third-order valence-electron chi connectivity index (χ3n) is 4.14. The highest BCUT2D eigenvalue weighted by atomic mass is 79.9. The van der Waals surface area contributed by atoms with Gasteiger partial charge < -0.3 is 15.0 Å². The molecule has 7 nitrogen and oxygen atoms in total. The summed E-state index contributed by atoms with van der Waals surface area (Å²) in [5.74, 6) is -0.429. The van der Waals surface area contributed by atoms with E-state index in [0.29, 0.717) is 18.8 Å². The Morgan fingerprint density at radius 2 is 1.88 bits per heavy atom. The highest BCUT2D eigenvalue weighted by Gasteiger charge is 2.32. The molecule has 134 valence electrons. The summed E-state index contributed by atoms with van der Waals surface area (Å²) in [6.07, 6.45) is 1.68. The number of sulfonamides is 1. The third kappa shape index (κ3) is 3.58. The minimum atomic E-state index is -3.79. The fourth-order valence-corrected chi connectivity index (χ4v) is 4.69. The summed E-state index contributed by atoms with van der Waals surface area (Å²) in [6, 6.07) is 6.18. The molecule has 0 spiro atoms. The van der Waals surface area contributed by atoms with Crippen molar-refractivity contribution in [2.75, 3.05) is 26.2 Å². The molecule has 0 atom stereocenters. The number of carbonyl (C=O) groups is 1. The maximum Gasteiger partial charge on any atom is 0.270 e. The number of carbonyl (C=O) groups excluding carboxylic acids is 1. The Labute approximate surface area is 154 Å². The van der Waals surface area contributed by atoms with Gasteiger partial charge in [0, 0.05) is 36.8 Å². The Kier molecular flexibility index (Phi) is 4.90. The van der Waals surface area contributed by atoms with E-state index >= 15 is 0 Å². The third-order valence-corrected chi connectivity index (χ3v) is 6.52. The van der Waals surface area contributed by atoms with Crippen molar-refractivity contribution in [3.63, 3.8) is 0 Å². The van der Waals surface area contributed by atoms with Crippen molar-refractivity contribution < 1.29 is 18.3 Å². The largest absolute Gasteiger partial charge is 0.507 e. The molecule has 9 heteroatoms. The number of halogens is 1. The van der Waals surface area contributed by atoms with E-state index in [1.807, 2.05) is 0 Å². The lowest BCUT2D eigenvalue weighted by Crippen LogP contribution is -2.50. The predicted molar refractivity (Wildman–Crippen MR) is 96.0 cm³/mol. The van der Waals surface area contributed by atoms with E-state index in [1.165, 1.54) is 16.4 Å². The Bertz CT molecular complexity index is 902. The summed E-state index contributed by atoms with van der Waals surface area (Å²) in [7, 11) is -3.79. The molecule has 0 saturated carbocycles. The van der Waals surface area contributed by atoms with Gasteiger partial charge in [0.1, 0.15) is 16.3 Å². The number of aromatic amines is 1. The molecule has 25 heavy (non-hydrogen) atoms. The molecular weight excluding hydrogens is 410 g/mol. The molecule has 1 aliphatic heterocycles. The van der Waals surface area contributed by atoms with E-state index in [9.17, 15) is 18.3 Å². The van der Waals surface area contributed by atoms with Crippen LogP contribution in [0.1, 0.15) is 16.1 Å². The monoisotopic (exact) mass is 427 g/mol. The lowest BCUT2D eigenvalue weighted by molar-refractivity contribution is 0.0692. The predicted octanol–water partition coefficient (Wildman–Crippen LogP) is 1.94. The fourth-order valence-electron chi connectivity index (χ4n) is 2.76. The van der Waals surface area contributed by atoms with Crippen LogP contribution in [0.4, 0.5) is 0 Å². The molecule has 0 aliphatic carbocycles. The molecule has 1 aromatic carbocycles. The number of piperazine rings is 1. The summed E-state index contributed by atoms with van der Waals surface area (Å²) >= 11 is 3.29. The van der Waals surface area contributed by atoms with Crippen LogP contribution in [0.2, 0.25) is 0 Å². The number of nitrogens with one attached hydrogen (secondary N) is 1. The number of H-pyrrole nitrogens is 1. The van der Waals surface area contributed by atoms with Crippen molar-refractivity contribution in [2.45, 2.75) is 11.8 Å². The quantitative estimate of drug-likeness (QED) is 0.782. The highest BCUT2D eigenvalue weighted by Crippen LogP contribution is 2.27. The lowest BCUT2D eigenvalue weighted by atomic mass is 10.2. The van der Waals surface area contributed by atoms with Crippen LogP contribution in [0.3, 0.4) is 0 Å². The zero-order valence-corrected chi connectivity index (χ0v) is 16.0. The number of aromatic hydroxyl groups is 1. The lowest BCUT2D eigenvalue weighted by Gasteiger charge is -2.33. The van der Waals surface area contributed by atoms with Gasteiger partial charge in [0.25, 0.3) is 5.91 Å². The summed E-state index contributed by atoms with van der Waals surface area (Å²) in [6.45, 7) is 2.72. The number of amides is 1. The van der Waals surface area contributed by atoms with Crippen LogP contribution in [0.25, 0.3) is 0 Å². The molecule has 2 N–H and O–H groups in total. The molecule has 0 bridgehead atoms. The number of benzene rings is 1. The van der Waals surface area contributed by atoms with Gasteiger partial charge in [-0.3, -0.25) is 4.79 Å². The zero-order valence-electron chi connectivity index (χ0n) is 13.6. The number of phenolic OH excluding ortho intramolecular Hbond substituents is 1. The Hall–Kier alpha value is -1.84. The average molecular weight is 428 g/mol. The Balaban J connectivity index is 1.73. The van der Waals surface area contributed by atoms with Crippen molar-refractivity contribution in [3.05, 3.63) is 46.2 Å². The SMILES string of the molecule is Cc1ccc(O)c(S(=O)(=O)N2CCN(C(=O)c3cc(Br)c[nH]3)CC2)c1. The highest BCUT2D eigenvalue weighted by molar-refractivity contribution is 9.10. The van der Waals surface area contributed by atoms with E-state index in [1.54, 1.807) is 30.2 Å². The van der Waals surface area contributed by atoms with Crippen molar-refractivity contribution in [3.8, 4) is 5.75 Å². The molecule has 1 amide bonds. The van der Waals surface area contributed by atoms with Crippen LogP contribution in [-0.4, -0.2) is 59.8 Å². The first-order valence-electron chi connectivity index (χ1n) is 7.72. The van der Waals surface area contributed by atoms with Crippen LogP contribution in [-0.2, 0) is 10.0 Å². The molecule has 1 aromatic heterocycles. The molecule has 0 radical (unpaired) electrons. The molecular formula is C16H18BrN3O4S. The zero-order chi connectivity index (χ0) is 18.2. The van der Waals surface area contributed by atoms with Gasteiger partial charge in [0.15, 0.2) is 0 Å². The van der Waals surface area contributed by atoms with Crippen molar-refractivity contribution in [2.24, 2.45) is 0 Å². The normalized spacial score (nSPS) is 16.2. The van der Waals surface area contributed by atoms with Crippen LogP contribution < -0.4 is 0 Å². The number of hydrogen-bond donors (Lipinski definition) is 2. The fraction of sp³-hybridized carbons (Fsp3) is 0.312. The number of aromatic nitrogens is 1. The molecule has 2 heterocycles. The molecule has 1 saturated heterocycles. The number of hydrogen-bond acceptors (Lipinski definition) is 4. The summed E-state index contributed by atoms with van der Waals surface area (Å²) in [5.41, 5.74) is 1.21. The summed E-state index contributed by atoms with van der Waals surface area (Å²) in [5, 5.41) is 9.91. The van der Waals surface area contributed by atoms with Gasteiger partial charge in [-0.2, -0.15) is 4.31 Å². The van der Waals surface area contributed by atoms with E-state index in [4.69, 9.17) is 0 Å². The maximum atomic E-state index is 12.8. The van der Waals surface area contributed by atoms with Gasteiger partial charge in [-0.1, -0.05) is 6.07 Å². The second-order valence-electron chi connectivity index (χ2n) is 5.90. The molecule has 1 aliphatic rings. The van der Waals surface area contributed by atoms with Crippen LogP contribution in [0.5, 0.6) is 5.75 Å². The van der Waals surface area contributed by atoms with Crippen LogP contribution in [0.15, 0.2) is 39.8 Å².